The van der Waals surface area contributed by atoms with E-state index >= 15 is 0 Å². The number of hydrogen-bond donors (Lipinski definition) is 0. The number of hydrogen-bond acceptors (Lipinski definition) is 6. The summed E-state index contributed by atoms with van der Waals surface area (Å²) in [6.07, 6.45) is 20.2. The van der Waals surface area contributed by atoms with Crippen LogP contribution in [0.2, 0.25) is 0 Å². The van der Waals surface area contributed by atoms with Crippen molar-refractivity contribution in [3.05, 3.63) is 139 Å². The molecular formula is C36H28N4S2. The topological polar surface area (TPSA) is 51.6 Å². The fraction of sp³-hybridized carbons (Fsp3) is 0.0556. The van der Waals surface area contributed by atoms with Crippen LogP contribution in [0.4, 0.5) is 0 Å². The van der Waals surface area contributed by atoms with E-state index in [-0.39, 0.29) is 0 Å². The molecule has 0 spiro atoms. The van der Waals surface area contributed by atoms with Gasteiger partial charge in [0.1, 0.15) is 0 Å². The Morgan fingerprint density at radius 3 is 1.12 bits per heavy atom. The third-order valence-corrected chi connectivity index (χ3v) is 8.54. The van der Waals surface area contributed by atoms with Crippen LogP contribution in [0.25, 0.3) is 59.2 Å². The molecular weight excluding hydrogens is 553 g/mol. The highest BCUT2D eigenvalue weighted by Gasteiger charge is 2.03. The van der Waals surface area contributed by atoms with Gasteiger partial charge >= 0.3 is 0 Å². The van der Waals surface area contributed by atoms with Gasteiger partial charge in [0.25, 0.3) is 0 Å². The van der Waals surface area contributed by atoms with Gasteiger partial charge in [0.2, 0.25) is 0 Å². The molecule has 0 aromatic carbocycles. The van der Waals surface area contributed by atoms with Gasteiger partial charge in [-0.25, -0.2) is 0 Å². The molecule has 4 nitrogen and oxygen atoms in total. The van der Waals surface area contributed by atoms with Gasteiger partial charge in [-0.2, -0.15) is 0 Å². The summed E-state index contributed by atoms with van der Waals surface area (Å²) in [5.41, 5.74) is 8.09. The van der Waals surface area contributed by atoms with E-state index in [1.54, 1.807) is 22.7 Å². The molecule has 0 atom stereocenters. The van der Waals surface area contributed by atoms with Gasteiger partial charge in [-0.05, 0) is 133 Å². The van der Waals surface area contributed by atoms with E-state index in [2.05, 4.69) is 119 Å². The van der Waals surface area contributed by atoms with Gasteiger partial charge < -0.3 is 0 Å². The predicted octanol–water partition coefficient (Wildman–Crippen LogP) is 9.85. The Hall–Kier alpha value is -4.78. The summed E-state index contributed by atoms with van der Waals surface area (Å²) in [4.78, 5) is 22.8. The lowest BCUT2D eigenvalue weighted by Gasteiger charge is -2.02. The third kappa shape index (κ3) is 7.10. The van der Waals surface area contributed by atoms with Crippen LogP contribution in [-0.4, -0.2) is 19.9 Å². The van der Waals surface area contributed by atoms with Gasteiger partial charge in [-0.1, -0.05) is 12.2 Å². The van der Waals surface area contributed by atoms with Crippen LogP contribution in [-0.2, 0) is 0 Å². The van der Waals surface area contributed by atoms with Crippen molar-refractivity contribution in [1.29, 1.82) is 0 Å². The van der Waals surface area contributed by atoms with Gasteiger partial charge in [-0.15, -0.1) is 22.7 Å². The molecule has 0 N–H and O–H groups in total. The highest BCUT2D eigenvalue weighted by molar-refractivity contribution is 7.14. The van der Waals surface area contributed by atoms with Crippen molar-refractivity contribution in [1.82, 2.24) is 19.9 Å². The van der Waals surface area contributed by atoms with E-state index in [4.69, 9.17) is 0 Å². The first-order chi connectivity index (χ1) is 20.6. The van der Waals surface area contributed by atoms with Crippen molar-refractivity contribution in [2.75, 3.05) is 0 Å². The standard InChI is InChI=1S/C36H28N4S2/c1-25-13-17-37-33(21-25)35-23-27(15-19-39-35)3-5-29-7-9-31(41-29)11-12-32-10-8-30(42-32)6-4-28-16-20-40-36(24-28)34-22-26(2)14-18-38-34/h3-24H,1-2H3/b5-3+,6-4+,12-11+. The molecule has 6 heterocycles. The first kappa shape index (κ1) is 27.4. The smallest absolute Gasteiger partial charge is 0.0892 e. The Balaban J connectivity index is 1.08. The molecule has 0 amide bonds. The quantitative estimate of drug-likeness (QED) is 0.180. The summed E-state index contributed by atoms with van der Waals surface area (Å²) in [6.45, 7) is 4.13. The molecule has 0 aliphatic heterocycles. The molecule has 0 aliphatic rings. The molecule has 0 unspecified atom stereocenters. The average Bonchev–Trinajstić information content (AvgIpc) is 3.68. The molecule has 6 rings (SSSR count). The second kappa shape index (κ2) is 12.8. The lowest BCUT2D eigenvalue weighted by atomic mass is 10.1. The van der Waals surface area contributed by atoms with Gasteiger partial charge in [0.05, 0.1) is 22.8 Å². The first-order valence-corrected chi connectivity index (χ1v) is 15.2. The summed E-state index contributed by atoms with van der Waals surface area (Å²) in [5.74, 6) is 0. The number of pyridine rings is 4. The number of aryl methyl sites for hydroxylation is 2. The predicted molar refractivity (Wildman–Crippen MR) is 180 cm³/mol. The van der Waals surface area contributed by atoms with Crippen LogP contribution in [0.5, 0.6) is 0 Å². The monoisotopic (exact) mass is 580 g/mol. The summed E-state index contributed by atoms with van der Waals surface area (Å²) < 4.78 is 0. The third-order valence-electron chi connectivity index (χ3n) is 6.51. The van der Waals surface area contributed by atoms with Gasteiger partial charge in [-0.3, -0.25) is 19.9 Å². The van der Waals surface area contributed by atoms with E-state index in [9.17, 15) is 0 Å². The fourth-order valence-electron chi connectivity index (χ4n) is 4.35. The van der Waals surface area contributed by atoms with Crippen molar-refractivity contribution in [2.24, 2.45) is 0 Å². The van der Waals surface area contributed by atoms with Crippen molar-refractivity contribution in [2.45, 2.75) is 13.8 Å². The Labute approximate surface area is 254 Å². The molecule has 0 bridgehead atoms. The minimum atomic E-state index is 0.880. The van der Waals surface area contributed by atoms with Gasteiger partial charge in [0, 0.05) is 44.3 Å². The molecule has 0 aliphatic carbocycles. The van der Waals surface area contributed by atoms with E-state index < -0.39 is 0 Å². The van der Waals surface area contributed by atoms with E-state index in [0.717, 1.165) is 33.9 Å². The highest BCUT2D eigenvalue weighted by Crippen LogP contribution is 2.26. The number of aromatic nitrogens is 4. The van der Waals surface area contributed by atoms with E-state index in [0.29, 0.717) is 0 Å². The SMILES string of the molecule is Cc1ccnc(-c2cc(/C=C/c3ccc(/C=C/c4ccc(/C=C/c5ccnc(-c6cc(C)ccn6)c5)s4)s3)ccn2)c1. The van der Waals surface area contributed by atoms with Crippen LogP contribution in [0.1, 0.15) is 41.8 Å². The summed E-state index contributed by atoms with van der Waals surface area (Å²) in [5, 5.41) is 0. The molecule has 204 valence electrons. The van der Waals surface area contributed by atoms with E-state index in [1.807, 2.05) is 49.1 Å². The Bertz CT molecular complexity index is 1790. The average molecular weight is 581 g/mol. The molecule has 0 saturated carbocycles. The normalized spacial score (nSPS) is 11.8. The minimum absolute atomic E-state index is 0.880. The maximum Gasteiger partial charge on any atom is 0.0892 e. The zero-order valence-corrected chi connectivity index (χ0v) is 24.9. The van der Waals surface area contributed by atoms with Crippen molar-refractivity contribution in [3.63, 3.8) is 0 Å². The molecule has 0 radical (unpaired) electrons. The van der Waals surface area contributed by atoms with Crippen LogP contribution in [0.15, 0.2) is 97.6 Å². The van der Waals surface area contributed by atoms with Crippen LogP contribution < -0.4 is 0 Å². The fourth-order valence-corrected chi connectivity index (χ4v) is 5.98. The summed E-state index contributed by atoms with van der Waals surface area (Å²) >= 11 is 3.53. The van der Waals surface area contributed by atoms with E-state index in [1.165, 1.54) is 30.6 Å². The molecule has 6 heteroatoms. The van der Waals surface area contributed by atoms with Crippen molar-refractivity contribution in [3.8, 4) is 22.8 Å². The summed E-state index contributed by atoms with van der Waals surface area (Å²) in [7, 11) is 0. The Kier molecular flexibility index (Phi) is 8.36. The van der Waals surface area contributed by atoms with Crippen molar-refractivity contribution >= 4 is 59.1 Å². The first-order valence-electron chi connectivity index (χ1n) is 13.6. The zero-order chi connectivity index (χ0) is 28.7. The zero-order valence-electron chi connectivity index (χ0n) is 23.3. The molecule has 6 aromatic heterocycles. The highest BCUT2D eigenvalue weighted by atomic mass is 32.1. The van der Waals surface area contributed by atoms with Crippen LogP contribution >= 0.6 is 22.7 Å². The minimum Gasteiger partial charge on any atom is -0.255 e. The van der Waals surface area contributed by atoms with Crippen molar-refractivity contribution < 1.29 is 0 Å². The number of nitrogens with zero attached hydrogens (tertiary/aromatic N) is 4. The number of thiophene rings is 2. The maximum atomic E-state index is 4.50. The van der Waals surface area contributed by atoms with Gasteiger partial charge in [0.15, 0.2) is 0 Å². The van der Waals surface area contributed by atoms with Crippen LogP contribution in [0.3, 0.4) is 0 Å². The Morgan fingerprint density at radius 2 is 0.738 bits per heavy atom. The second-order valence-corrected chi connectivity index (χ2v) is 12.2. The molecule has 42 heavy (non-hydrogen) atoms. The molecule has 6 aromatic rings. The van der Waals surface area contributed by atoms with Crippen LogP contribution in [0, 0.1) is 13.8 Å². The second-order valence-electron chi connectivity index (χ2n) is 9.87. The summed E-state index contributed by atoms with van der Waals surface area (Å²) in [6, 6.07) is 24.9. The molecule has 0 saturated heterocycles. The number of rotatable bonds is 8. The largest absolute Gasteiger partial charge is 0.255 e. The molecule has 0 fully saturated rings. The Morgan fingerprint density at radius 1 is 0.405 bits per heavy atom. The maximum absolute atomic E-state index is 4.50. The lowest BCUT2D eigenvalue weighted by molar-refractivity contribution is 1.23. The lowest BCUT2D eigenvalue weighted by Crippen LogP contribution is -1.88.